The first-order valence-corrected chi connectivity index (χ1v) is 9.73. The van der Waals surface area contributed by atoms with Gasteiger partial charge in [0.25, 0.3) is 5.91 Å². The molecule has 0 saturated carbocycles. The average Bonchev–Trinajstić information content (AvgIpc) is 2.83. The minimum Gasteiger partial charge on any atom is -0.489 e. The Labute approximate surface area is 181 Å². The van der Waals surface area contributed by atoms with Gasteiger partial charge in [-0.3, -0.25) is 4.79 Å². The van der Waals surface area contributed by atoms with E-state index in [1.807, 2.05) is 60.7 Å². The summed E-state index contributed by atoms with van der Waals surface area (Å²) >= 11 is 0. The molecule has 1 amide bonds. The second kappa shape index (κ2) is 10.6. The molecule has 6 nitrogen and oxygen atoms in total. The second-order valence-corrected chi connectivity index (χ2v) is 6.86. The van der Waals surface area contributed by atoms with E-state index >= 15 is 0 Å². The average molecular weight is 414 g/mol. The first-order valence-electron chi connectivity index (χ1n) is 9.73. The molecule has 1 atom stereocenters. The van der Waals surface area contributed by atoms with E-state index in [0.717, 1.165) is 11.1 Å². The van der Waals surface area contributed by atoms with Crippen molar-refractivity contribution in [2.75, 3.05) is 7.11 Å². The quantitative estimate of drug-likeness (QED) is 0.569. The lowest BCUT2D eigenvalue weighted by Gasteiger charge is -2.17. The lowest BCUT2D eigenvalue weighted by Crippen LogP contribution is -2.43. The largest absolute Gasteiger partial charge is 0.489 e. The molecule has 1 N–H and O–H groups in total. The summed E-state index contributed by atoms with van der Waals surface area (Å²) in [6.07, 6.45) is 0.271. The number of carbonyl (C=O) groups excluding carboxylic acids is 2. The Morgan fingerprint density at radius 1 is 0.935 bits per heavy atom. The van der Waals surface area contributed by atoms with E-state index in [1.165, 1.54) is 7.11 Å². The minimum absolute atomic E-state index is 0.271. The van der Waals surface area contributed by atoms with E-state index in [4.69, 9.17) is 14.7 Å². The van der Waals surface area contributed by atoms with Gasteiger partial charge >= 0.3 is 5.97 Å². The van der Waals surface area contributed by atoms with Gasteiger partial charge in [0.15, 0.2) is 0 Å². The van der Waals surface area contributed by atoms with Crippen molar-refractivity contribution in [3.8, 4) is 11.8 Å². The first kappa shape index (κ1) is 21.6. The molecule has 0 aromatic heterocycles. The molecule has 0 aliphatic heterocycles. The van der Waals surface area contributed by atoms with Gasteiger partial charge in [0.1, 0.15) is 18.4 Å². The number of nitriles is 1. The summed E-state index contributed by atoms with van der Waals surface area (Å²) in [6, 6.07) is 24.6. The number of benzene rings is 3. The SMILES string of the molecule is COC(=O)[C@@H](Cc1ccc(OCc2ccccc2)cc1)NC(=O)c1ccc(C#N)cc1. The van der Waals surface area contributed by atoms with Crippen molar-refractivity contribution in [3.05, 3.63) is 101 Å². The highest BCUT2D eigenvalue weighted by atomic mass is 16.5. The monoisotopic (exact) mass is 414 g/mol. The molecule has 0 heterocycles. The molecular weight excluding hydrogens is 392 g/mol. The number of esters is 1. The Bertz CT molecular complexity index is 1060. The zero-order chi connectivity index (χ0) is 22.1. The van der Waals surface area contributed by atoms with E-state index in [0.29, 0.717) is 23.5 Å². The molecule has 0 fully saturated rings. The number of hydrogen-bond acceptors (Lipinski definition) is 5. The Morgan fingerprint density at radius 3 is 2.23 bits per heavy atom. The fourth-order valence-electron chi connectivity index (χ4n) is 2.97. The first-order chi connectivity index (χ1) is 15.1. The van der Waals surface area contributed by atoms with Crippen molar-refractivity contribution in [3.63, 3.8) is 0 Å². The Morgan fingerprint density at radius 2 is 1.61 bits per heavy atom. The third-order valence-corrected chi connectivity index (χ3v) is 4.68. The molecule has 0 spiro atoms. The fourth-order valence-corrected chi connectivity index (χ4v) is 2.97. The molecule has 0 bridgehead atoms. The molecule has 31 heavy (non-hydrogen) atoms. The predicted octanol–water partition coefficient (Wildman–Crippen LogP) is 3.65. The summed E-state index contributed by atoms with van der Waals surface area (Å²) < 4.78 is 10.6. The summed E-state index contributed by atoms with van der Waals surface area (Å²) in [5, 5.41) is 11.6. The lowest BCUT2D eigenvalue weighted by atomic mass is 10.0. The third kappa shape index (κ3) is 6.18. The van der Waals surface area contributed by atoms with Gasteiger partial charge in [0, 0.05) is 12.0 Å². The Kier molecular flexibility index (Phi) is 7.39. The third-order valence-electron chi connectivity index (χ3n) is 4.68. The van der Waals surface area contributed by atoms with Crippen molar-refractivity contribution in [2.24, 2.45) is 0 Å². The van der Waals surface area contributed by atoms with Crippen molar-refractivity contribution >= 4 is 11.9 Å². The highest BCUT2D eigenvalue weighted by Crippen LogP contribution is 2.16. The van der Waals surface area contributed by atoms with E-state index in [2.05, 4.69) is 5.32 Å². The van der Waals surface area contributed by atoms with Crippen molar-refractivity contribution in [2.45, 2.75) is 19.1 Å². The van der Waals surface area contributed by atoms with E-state index in [-0.39, 0.29) is 6.42 Å². The second-order valence-electron chi connectivity index (χ2n) is 6.86. The molecule has 3 aromatic carbocycles. The molecule has 3 aromatic rings. The van der Waals surface area contributed by atoms with Crippen LogP contribution in [-0.2, 0) is 22.6 Å². The maximum atomic E-state index is 12.5. The molecule has 3 rings (SSSR count). The van der Waals surface area contributed by atoms with E-state index in [9.17, 15) is 9.59 Å². The maximum Gasteiger partial charge on any atom is 0.328 e. The Hall–Kier alpha value is -4.11. The van der Waals surface area contributed by atoms with Gasteiger partial charge in [0.05, 0.1) is 18.7 Å². The van der Waals surface area contributed by atoms with Gasteiger partial charge in [-0.25, -0.2) is 4.79 Å². The van der Waals surface area contributed by atoms with Gasteiger partial charge in [-0.05, 0) is 47.5 Å². The number of ether oxygens (including phenoxy) is 2. The molecule has 0 aliphatic carbocycles. The molecule has 0 unspecified atom stereocenters. The van der Waals surface area contributed by atoms with Crippen LogP contribution in [0.15, 0.2) is 78.9 Å². The van der Waals surface area contributed by atoms with E-state index < -0.39 is 17.9 Å². The maximum absolute atomic E-state index is 12.5. The van der Waals surface area contributed by atoms with Crippen LogP contribution in [0.3, 0.4) is 0 Å². The number of nitrogens with one attached hydrogen (secondary N) is 1. The lowest BCUT2D eigenvalue weighted by molar-refractivity contribution is -0.142. The number of hydrogen-bond donors (Lipinski definition) is 1. The molecule has 0 saturated heterocycles. The van der Waals surface area contributed by atoms with Gasteiger partial charge in [0.2, 0.25) is 0 Å². The van der Waals surface area contributed by atoms with Gasteiger partial charge in [-0.1, -0.05) is 42.5 Å². The summed E-state index contributed by atoms with van der Waals surface area (Å²) in [6.45, 7) is 0.464. The summed E-state index contributed by atoms with van der Waals surface area (Å²) in [5.74, 6) is -0.238. The zero-order valence-electron chi connectivity index (χ0n) is 17.1. The standard InChI is InChI=1S/C25H22N2O4/c1-30-25(29)23(27-24(28)21-11-7-19(16-26)8-12-21)15-18-9-13-22(14-10-18)31-17-20-5-3-2-4-6-20/h2-14,23H,15,17H2,1H3,(H,27,28)/t23-/m1/s1. The van der Waals surface area contributed by atoms with Gasteiger partial charge in [-0.2, -0.15) is 5.26 Å². The van der Waals surface area contributed by atoms with Gasteiger partial charge in [-0.15, -0.1) is 0 Å². The smallest absolute Gasteiger partial charge is 0.328 e. The Balaban J connectivity index is 1.62. The van der Waals surface area contributed by atoms with Crippen LogP contribution in [0.1, 0.15) is 27.0 Å². The number of carbonyl (C=O) groups is 2. The minimum atomic E-state index is -0.843. The van der Waals surface area contributed by atoms with E-state index in [1.54, 1.807) is 24.3 Å². The fraction of sp³-hybridized carbons (Fsp3) is 0.160. The topological polar surface area (TPSA) is 88.4 Å². The van der Waals surface area contributed by atoms with Crippen LogP contribution in [0.2, 0.25) is 0 Å². The van der Waals surface area contributed by atoms with Crippen molar-refractivity contribution < 1.29 is 19.1 Å². The van der Waals surface area contributed by atoms with Crippen LogP contribution in [0, 0.1) is 11.3 Å². The normalized spacial score (nSPS) is 11.1. The van der Waals surface area contributed by atoms with Crippen LogP contribution < -0.4 is 10.1 Å². The van der Waals surface area contributed by atoms with Crippen LogP contribution in [-0.4, -0.2) is 25.0 Å². The summed E-state index contributed by atoms with van der Waals surface area (Å²) in [4.78, 5) is 24.7. The molecule has 156 valence electrons. The van der Waals surface area contributed by atoms with Crippen molar-refractivity contribution in [1.29, 1.82) is 5.26 Å². The molecule has 0 aliphatic rings. The number of rotatable bonds is 8. The van der Waals surface area contributed by atoms with Crippen LogP contribution in [0.5, 0.6) is 5.75 Å². The van der Waals surface area contributed by atoms with Crippen molar-refractivity contribution in [1.82, 2.24) is 5.32 Å². The predicted molar refractivity (Wildman–Crippen MR) is 115 cm³/mol. The summed E-state index contributed by atoms with van der Waals surface area (Å²) in [7, 11) is 1.28. The highest BCUT2D eigenvalue weighted by Gasteiger charge is 2.22. The summed E-state index contributed by atoms with van der Waals surface area (Å²) in [5.41, 5.74) is 2.73. The van der Waals surface area contributed by atoms with Crippen LogP contribution in [0.25, 0.3) is 0 Å². The molecular formula is C25H22N2O4. The zero-order valence-corrected chi connectivity index (χ0v) is 17.1. The number of nitrogens with zero attached hydrogens (tertiary/aromatic N) is 1. The molecule has 0 radical (unpaired) electrons. The number of amides is 1. The highest BCUT2D eigenvalue weighted by molar-refractivity contribution is 5.96. The molecule has 6 heteroatoms. The van der Waals surface area contributed by atoms with Crippen LogP contribution >= 0.6 is 0 Å². The number of methoxy groups -OCH3 is 1. The van der Waals surface area contributed by atoms with Gasteiger partial charge < -0.3 is 14.8 Å². The van der Waals surface area contributed by atoms with Crippen LogP contribution in [0.4, 0.5) is 0 Å².